The molecule has 3 rings (SSSR count). The molecule has 1 aromatic heterocycles. The van der Waals surface area contributed by atoms with Crippen molar-refractivity contribution in [1.29, 1.82) is 0 Å². The van der Waals surface area contributed by atoms with Gasteiger partial charge in [0.1, 0.15) is 0 Å². The Morgan fingerprint density at radius 2 is 2.00 bits per heavy atom. The van der Waals surface area contributed by atoms with Crippen LogP contribution in [0.3, 0.4) is 0 Å². The lowest BCUT2D eigenvalue weighted by Crippen LogP contribution is -2.38. The third kappa shape index (κ3) is 2.94. The van der Waals surface area contributed by atoms with Crippen molar-refractivity contribution in [1.82, 2.24) is 4.90 Å². The van der Waals surface area contributed by atoms with Gasteiger partial charge in [0, 0.05) is 54.8 Å². The number of thiophene rings is 1. The van der Waals surface area contributed by atoms with Crippen LogP contribution in [0.4, 0.5) is 14.5 Å². The largest absolute Gasteiger partial charge is 0.388 e. The average Bonchev–Trinajstić information content (AvgIpc) is 2.82. The zero-order chi connectivity index (χ0) is 14.2. The van der Waals surface area contributed by atoms with Crippen molar-refractivity contribution < 1.29 is 8.78 Å². The summed E-state index contributed by atoms with van der Waals surface area (Å²) in [6.45, 7) is 1.76. The Hall–Kier alpha value is -1.20. The van der Waals surface area contributed by atoms with Gasteiger partial charge in [-0.15, -0.1) is 11.3 Å². The third-order valence-corrected chi connectivity index (χ3v) is 4.91. The van der Waals surface area contributed by atoms with Crippen LogP contribution in [-0.4, -0.2) is 31.0 Å². The first-order valence-corrected chi connectivity index (χ1v) is 7.68. The van der Waals surface area contributed by atoms with Gasteiger partial charge in [0.25, 0.3) is 5.92 Å². The van der Waals surface area contributed by atoms with Crippen LogP contribution in [0.1, 0.15) is 17.7 Å². The highest BCUT2D eigenvalue weighted by molar-refractivity contribution is 7.19. The molecule has 20 heavy (non-hydrogen) atoms. The summed E-state index contributed by atoms with van der Waals surface area (Å²) in [5.41, 5.74) is 1.10. The number of rotatable bonds is 3. The van der Waals surface area contributed by atoms with Gasteiger partial charge in [-0.3, -0.25) is 4.90 Å². The SMILES string of the molecule is CNc1ccc2cc(CN3CCC(F)(F)CC3)sc2c1. The predicted molar refractivity (Wildman–Crippen MR) is 80.8 cm³/mol. The van der Waals surface area contributed by atoms with E-state index in [0.717, 1.165) is 12.2 Å². The van der Waals surface area contributed by atoms with E-state index in [2.05, 4.69) is 34.5 Å². The number of nitrogens with zero attached hydrogens (tertiary/aromatic N) is 1. The fraction of sp³-hybridized carbons (Fsp3) is 0.467. The Labute approximate surface area is 121 Å². The molecule has 108 valence electrons. The summed E-state index contributed by atoms with van der Waals surface area (Å²) in [7, 11) is 1.91. The molecule has 0 saturated carbocycles. The van der Waals surface area contributed by atoms with Crippen LogP contribution in [0.2, 0.25) is 0 Å². The lowest BCUT2D eigenvalue weighted by Gasteiger charge is -2.31. The minimum absolute atomic E-state index is 0.0121. The van der Waals surface area contributed by atoms with E-state index in [-0.39, 0.29) is 12.8 Å². The molecule has 2 aromatic rings. The van der Waals surface area contributed by atoms with E-state index in [1.54, 1.807) is 11.3 Å². The number of piperidine rings is 1. The van der Waals surface area contributed by atoms with Crippen molar-refractivity contribution >= 4 is 27.1 Å². The van der Waals surface area contributed by atoms with E-state index in [1.807, 2.05) is 7.05 Å². The lowest BCUT2D eigenvalue weighted by atomic mass is 10.1. The third-order valence-electron chi connectivity index (χ3n) is 3.83. The van der Waals surface area contributed by atoms with E-state index in [4.69, 9.17) is 0 Å². The summed E-state index contributed by atoms with van der Waals surface area (Å²) in [5.74, 6) is -2.46. The molecule has 2 nitrogen and oxygen atoms in total. The Morgan fingerprint density at radius 3 is 2.70 bits per heavy atom. The second-order valence-corrected chi connectivity index (χ2v) is 6.52. The van der Waals surface area contributed by atoms with Gasteiger partial charge in [-0.25, -0.2) is 8.78 Å². The Balaban J connectivity index is 1.72. The van der Waals surface area contributed by atoms with Crippen LogP contribution in [0.15, 0.2) is 24.3 Å². The first-order valence-electron chi connectivity index (χ1n) is 6.86. The zero-order valence-electron chi connectivity index (χ0n) is 11.5. The van der Waals surface area contributed by atoms with E-state index >= 15 is 0 Å². The van der Waals surface area contributed by atoms with Crippen LogP contribution in [-0.2, 0) is 6.54 Å². The molecular weight excluding hydrogens is 278 g/mol. The molecule has 1 aliphatic heterocycles. The number of anilines is 1. The fourth-order valence-corrected chi connectivity index (χ4v) is 3.72. The number of likely N-dealkylation sites (tertiary alicyclic amines) is 1. The summed E-state index contributed by atoms with van der Waals surface area (Å²) < 4.78 is 27.5. The molecule has 0 aliphatic carbocycles. The van der Waals surface area contributed by atoms with Gasteiger partial charge in [-0.05, 0) is 23.6 Å². The molecule has 5 heteroatoms. The highest BCUT2D eigenvalue weighted by Crippen LogP contribution is 2.32. The first-order chi connectivity index (χ1) is 9.55. The molecule has 1 aliphatic rings. The minimum Gasteiger partial charge on any atom is -0.388 e. The number of hydrogen-bond acceptors (Lipinski definition) is 3. The molecule has 1 N–H and O–H groups in total. The van der Waals surface area contributed by atoms with Gasteiger partial charge >= 0.3 is 0 Å². The summed E-state index contributed by atoms with van der Waals surface area (Å²) in [5, 5.41) is 4.36. The molecule has 0 bridgehead atoms. The number of nitrogens with one attached hydrogen (secondary N) is 1. The Kier molecular flexibility index (Phi) is 3.65. The van der Waals surface area contributed by atoms with Gasteiger partial charge in [-0.1, -0.05) is 6.07 Å². The van der Waals surface area contributed by atoms with E-state index in [0.29, 0.717) is 13.1 Å². The fourth-order valence-electron chi connectivity index (χ4n) is 2.58. The molecule has 0 amide bonds. The zero-order valence-corrected chi connectivity index (χ0v) is 12.3. The first kappa shape index (κ1) is 13.8. The van der Waals surface area contributed by atoms with Crippen molar-refractivity contribution in [3.63, 3.8) is 0 Å². The standard InChI is InChI=1S/C15H18F2N2S/c1-18-12-3-2-11-8-13(20-14(11)9-12)10-19-6-4-15(16,17)5-7-19/h2-3,8-9,18H,4-7,10H2,1H3. The van der Waals surface area contributed by atoms with E-state index in [9.17, 15) is 8.78 Å². The van der Waals surface area contributed by atoms with E-state index < -0.39 is 5.92 Å². The van der Waals surface area contributed by atoms with Crippen molar-refractivity contribution in [3.05, 3.63) is 29.1 Å². The topological polar surface area (TPSA) is 15.3 Å². The number of hydrogen-bond donors (Lipinski definition) is 1. The van der Waals surface area contributed by atoms with E-state index in [1.165, 1.54) is 15.0 Å². The minimum atomic E-state index is -2.46. The van der Waals surface area contributed by atoms with Crippen LogP contribution in [0.5, 0.6) is 0 Å². The second-order valence-electron chi connectivity index (χ2n) is 5.35. The van der Waals surface area contributed by atoms with Crippen molar-refractivity contribution in [3.8, 4) is 0 Å². The second kappa shape index (κ2) is 5.30. The number of alkyl halides is 2. The number of fused-ring (bicyclic) bond motifs is 1. The van der Waals surface area contributed by atoms with Crippen LogP contribution in [0.25, 0.3) is 10.1 Å². The molecule has 0 spiro atoms. The lowest BCUT2D eigenvalue weighted by molar-refractivity contribution is -0.0564. The van der Waals surface area contributed by atoms with Gasteiger partial charge < -0.3 is 5.32 Å². The normalized spacial score (nSPS) is 19.4. The molecule has 0 unspecified atom stereocenters. The molecule has 1 saturated heterocycles. The molecule has 2 heterocycles. The quantitative estimate of drug-likeness (QED) is 0.914. The Bertz CT molecular complexity index is 599. The summed E-state index contributed by atoms with van der Waals surface area (Å²) >= 11 is 1.75. The molecule has 1 fully saturated rings. The summed E-state index contributed by atoms with van der Waals surface area (Å²) in [4.78, 5) is 3.37. The summed E-state index contributed by atoms with van der Waals surface area (Å²) in [6, 6.07) is 8.46. The Morgan fingerprint density at radius 1 is 1.25 bits per heavy atom. The van der Waals surface area contributed by atoms with Crippen LogP contribution >= 0.6 is 11.3 Å². The average molecular weight is 296 g/mol. The maximum Gasteiger partial charge on any atom is 0.250 e. The monoisotopic (exact) mass is 296 g/mol. The molecule has 0 radical (unpaired) electrons. The molecule has 1 aromatic carbocycles. The van der Waals surface area contributed by atoms with Gasteiger partial charge in [0.2, 0.25) is 0 Å². The predicted octanol–water partition coefficient (Wildman–Crippen LogP) is 4.17. The number of halogens is 2. The summed E-state index contributed by atoms with van der Waals surface area (Å²) in [6.07, 6.45) is -0.0242. The van der Waals surface area contributed by atoms with Crippen molar-refractivity contribution in [2.75, 3.05) is 25.5 Å². The molecule has 0 atom stereocenters. The maximum atomic E-state index is 13.1. The van der Waals surface area contributed by atoms with Crippen LogP contribution < -0.4 is 5.32 Å². The number of benzene rings is 1. The smallest absolute Gasteiger partial charge is 0.250 e. The maximum absolute atomic E-state index is 13.1. The van der Waals surface area contributed by atoms with Gasteiger partial charge in [0.15, 0.2) is 0 Å². The van der Waals surface area contributed by atoms with Gasteiger partial charge in [0.05, 0.1) is 0 Å². The highest BCUT2D eigenvalue weighted by Gasteiger charge is 2.33. The van der Waals surface area contributed by atoms with Gasteiger partial charge in [-0.2, -0.15) is 0 Å². The van der Waals surface area contributed by atoms with Crippen LogP contribution in [0, 0.1) is 0 Å². The van der Waals surface area contributed by atoms with Crippen molar-refractivity contribution in [2.24, 2.45) is 0 Å². The van der Waals surface area contributed by atoms with Crippen molar-refractivity contribution in [2.45, 2.75) is 25.3 Å². The molecular formula is C15H18F2N2S. The highest BCUT2D eigenvalue weighted by atomic mass is 32.1.